The standard InChI is InChI=1S/C13H13F7N2O/c14-7-8(15)10(23)6-9(7)22(21-11(6)13(18,19)20)5-2-1-3-12(16,17)4-5/h5,7-8,10,23H,1-4H2/t5-,7+,8-,10+/m1/s1. The Kier molecular flexibility index (Phi) is 3.66. The van der Waals surface area contributed by atoms with Crippen molar-refractivity contribution < 1.29 is 35.8 Å². The third kappa shape index (κ3) is 2.60. The van der Waals surface area contributed by atoms with E-state index >= 15 is 0 Å². The summed E-state index contributed by atoms with van der Waals surface area (Å²) in [6.07, 6.45) is -13.5. The van der Waals surface area contributed by atoms with E-state index < -0.39 is 66.4 Å². The Balaban J connectivity index is 2.11. The molecule has 23 heavy (non-hydrogen) atoms. The van der Waals surface area contributed by atoms with Crippen LogP contribution in [-0.2, 0) is 6.18 Å². The molecule has 1 N–H and O–H groups in total. The molecule has 1 fully saturated rings. The number of nitrogens with zero attached hydrogens (tertiary/aromatic N) is 2. The van der Waals surface area contributed by atoms with Crippen LogP contribution in [0.1, 0.15) is 61.0 Å². The summed E-state index contributed by atoms with van der Waals surface area (Å²) in [6, 6.07) is -1.17. The van der Waals surface area contributed by atoms with Crippen molar-refractivity contribution in [1.29, 1.82) is 0 Å². The Morgan fingerprint density at radius 1 is 1.22 bits per heavy atom. The number of aliphatic hydroxyl groups excluding tert-OH is 1. The number of fused-ring (bicyclic) bond motifs is 1. The minimum Gasteiger partial charge on any atom is -0.385 e. The van der Waals surface area contributed by atoms with Crippen molar-refractivity contribution in [3.8, 4) is 0 Å². The second-order valence-corrected chi connectivity index (χ2v) is 5.99. The molecule has 4 atom stereocenters. The molecule has 1 saturated carbocycles. The molecule has 130 valence electrons. The smallest absolute Gasteiger partial charge is 0.385 e. The molecular formula is C13H13F7N2O. The van der Waals surface area contributed by atoms with E-state index in [0.717, 1.165) is 0 Å². The zero-order valence-corrected chi connectivity index (χ0v) is 11.6. The first kappa shape index (κ1) is 16.5. The lowest BCUT2D eigenvalue weighted by atomic mass is 9.92. The van der Waals surface area contributed by atoms with Crippen LogP contribution >= 0.6 is 0 Å². The Morgan fingerprint density at radius 3 is 2.43 bits per heavy atom. The topological polar surface area (TPSA) is 38.1 Å². The SMILES string of the molecule is O[C@H]1c2c(C(F)(F)F)nn([C@@H]3CCCC(F)(F)C3)c2[C@@H](F)[C@H]1F. The van der Waals surface area contributed by atoms with Gasteiger partial charge in [-0.25, -0.2) is 17.6 Å². The zero-order chi connectivity index (χ0) is 17.2. The molecule has 1 aromatic heterocycles. The first-order valence-electron chi connectivity index (χ1n) is 7.06. The number of rotatable bonds is 1. The first-order valence-corrected chi connectivity index (χ1v) is 7.06. The van der Waals surface area contributed by atoms with Crippen molar-refractivity contribution >= 4 is 0 Å². The minimum atomic E-state index is -5.04. The summed E-state index contributed by atoms with van der Waals surface area (Å²) in [4.78, 5) is 0. The lowest BCUT2D eigenvalue weighted by Gasteiger charge is -2.30. The molecule has 0 aliphatic heterocycles. The predicted octanol–water partition coefficient (Wildman–Crippen LogP) is 4.05. The fraction of sp³-hybridized carbons (Fsp3) is 0.769. The van der Waals surface area contributed by atoms with Crippen molar-refractivity contribution in [2.45, 2.75) is 62.3 Å². The highest BCUT2D eigenvalue weighted by atomic mass is 19.4. The fourth-order valence-electron chi connectivity index (χ4n) is 3.34. The van der Waals surface area contributed by atoms with Crippen LogP contribution in [0.15, 0.2) is 0 Å². The van der Waals surface area contributed by atoms with Gasteiger partial charge in [-0.05, 0) is 12.8 Å². The summed E-state index contributed by atoms with van der Waals surface area (Å²) < 4.78 is 94.2. The average molecular weight is 346 g/mol. The maximum absolute atomic E-state index is 14.0. The van der Waals surface area contributed by atoms with Gasteiger partial charge in [-0.3, -0.25) is 4.68 Å². The van der Waals surface area contributed by atoms with Crippen molar-refractivity contribution in [3.63, 3.8) is 0 Å². The molecule has 2 aliphatic carbocycles. The summed E-state index contributed by atoms with van der Waals surface area (Å²) in [5.74, 6) is -3.10. The summed E-state index contributed by atoms with van der Waals surface area (Å²) >= 11 is 0. The highest BCUT2D eigenvalue weighted by Crippen LogP contribution is 2.51. The lowest BCUT2D eigenvalue weighted by molar-refractivity contribution is -0.143. The van der Waals surface area contributed by atoms with Crippen molar-refractivity contribution in [1.82, 2.24) is 9.78 Å². The van der Waals surface area contributed by atoms with Gasteiger partial charge in [0.1, 0.15) is 6.10 Å². The van der Waals surface area contributed by atoms with Gasteiger partial charge in [-0.2, -0.15) is 18.3 Å². The van der Waals surface area contributed by atoms with Crippen LogP contribution in [0.4, 0.5) is 30.7 Å². The van der Waals surface area contributed by atoms with Crippen LogP contribution in [0.5, 0.6) is 0 Å². The van der Waals surface area contributed by atoms with Crippen molar-refractivity contribution in [2.75, 3.05) is 0 Å². The van der Waals surface area contributed by atoms with Gasteiger partial charge in [0.2, 0.25) is 5.92 Å². The Morgan fingerprint density at radius 2 is 1.87 bits per heavy atom. The Hall–Kier alpha value is -1.32. The van der Waals surface area contributed by atoms with E-state index in [1.807, 2.05) is 0 Å². The molecule has 0 aromatic carbocycles. The molecule has 0 radical (unpaired) electrons. The van der Waals surface area contributed by atoms with E-state index in [9.17, 15) is 35.8 Å². The molecule has 1 heterocycles. The third-order valence-electron chi connectivity index (χ3n) is 4.35. The highest BCUT2D eigenvalue weighted by molar-refractivity contribution is 5.39. The van der Waals surface area contributed by atoms with E-state index in [2.05, 4.69) is 5.10 Å². The molecule has 0 unspecified atom stereocenters. The number of hydrogen-bond acceptors (Lipinski definition) is 2. The first-order chi connectivity index (χ1) is 10.5. The number of alkyl halides is 7. The average Bonchev–Trinajstić information content (AvgIpc) is 2.92. The molecule has 10 heteroatoms. The summed E-state index contributed by atoms with van der Waals surface area (Å²) in [5, 5.41) is 12.8. The minimum absolute atomic E-state index is 0.0339. The molecule has 3 rings (SSSR count). The fourth-order valence-corrected chi connectivity index (χ4v) is 3.34. The maximum Gasteiger partial charge on any atom is 0.435 e. The van der Waals surface area contributed by atoms with E-state index in [4.69, 9.17) is 0 Å². The summed E-state index contributed by atoms with van der Waals surface area (Å²) in [5.41, 5.74) is -3.37. The highest BCUT2D eigenvalue weighted by Gasteiger charge is 2.53. The molecule has 1 aromatic rings. The van der Waals surface area contributed by atoms with Gasteiger partial charge < -0.3 is 5.11 Å². The number of halogens is 7. The van der Waals surface area contributed by atoms with Gasteiger partial charge in [0.05, 0.1) is 11.7 Å². The monoisotopic (exact) mass is 346 g/mol. The van der Waals surface area contributed by atoms with Gasteiger partial charge in [0.25, 0.3) is 0 Å². The lowest BCUT2D eigenvalue weighted by Crippen LogP contribution is -2.30. The van der Waals surface area contributed by atoms with Gasteiger partial charge in [-0.1, -0.05) is 0 Å². The van der Waals surface area contributed by atoms with Crippen LogP contribution in [0.2, 0.25) is 0 Å². The molecule has 0 saturated heterocycles. The van der Waals surface area contributed by atoms with Gasteiger partial charge >= 0.3 is 6.18 Å². The van der Waals surface area contributed by atoms with E-state index in [1.54, 1.807) is 0 Å². The van der Waals surface area contributed by atoms with Crippen LogP contribution in [0.25, 0.3) is 0 Å². The molecule has 0 spiro atoms. The van der Waals surface area contributed by atoms with Crippen LogP contribution in [-0.4, -0.2) is 27.0 Å². The number of aliphatic hydroxyl groups is 1. The third-order valence-corrected chi connectivity index (χ3v) is 4.35. The van der Waals surface area contributed by atoms with Crippen LogP contribution in [0, 0.1) is 0 Å². The van der Waals surface area contributed by atoms with Gasteiger partial charge in [0, 0.05) is 18.4 Å². The molecular weight excluding hydrogens is 333 g/mol. The normalized spacial score (nSPS) is 33.7. The second-order valence-electron chi connectivity index (χ2n) is 5.99. The summed E-state index contributed by atoms with van der Waals surface area (Å²) in [7, 11) is 0. The van der Waals surface area contributed by atoms with E-state index in [0.29, 0.717) is 4.68 Å². The van der Waals surface area contributed by atoms with E-state index in [1.165, 1.54) is 0 Å². The molecule has 2 aliphatic rings. The quantitative estimate of drug-likeness (QED) is 0.779. The van der Waals surface area contributed by atoms with Crippen molar-refractivity contribution in [3.05, 3.63) is 17.0 Å². The summed E-state index contributed by atoms with van der Waals surface area (Å²) in [6.45, 7) is 0. The van der Waals surface area contributed by atoms with Gasteiger partial charge in [-0.15, -0.1) is 0 Å². The molecule has 0 amide bonds. The maximum atomic E-state index is 14.0. The van der Waals surface area contributed by atoms with Crippen LogP contribution in [0.3, 0.4) is 0 Å². The predicted molar refractivity (Wildman–Crippen MR) is 63.4 cm³/mol. The van der Waals surface area contributed by atoms with Crippen LogP contribution < -0.4 is 0 Å². The Labute approximate surface area is 126 Å². The number of hydrogen-bond donors (Lipinski definition) is 1. The van der Waals surface area contributed by atoms with Crippen molar-refractivity contribution in [2.24, 2.45) is 0 Å². The second kappa shape index (κ2) is 5.09. The van der Waals surface area contributed by atoms with E-state index in [-0.39, 0.29) is 12.8 Å². The largest absolute Gasteiger partial charge is 0.435 e. The Bertz CT molecular complexity index is 612. The van der Waals surface area contributed by atoms with Gasteiger partial charge in [0.15, 0.2) is 18.0 Å². The molecule has 0 bridgehead atoms. The zero-order valence-electron chi connectivity index (χ0n) is 11.6. The molecule has 3 nitrogen and oxygen atoms in total. The number of aromatic nitrogens is 2.